The van der Waals surface area contributed by atoms with E-state index in [4.69, 9.17) is 11.6 Å². The maximum atomic E-state index is 6.32. The zero-order chi connectivity index (χ0) is 12.4. The Balaban J connectivity index is 2.19. The molecule has 1 unspecified atom stereocenters. The number of hydrogen-bond donors (Lipinski definition) is 1. The van der Waals surface area contributed by atoms with E-state index in [1.807, 2.05) is 6.07 Å². The minimum absolute atomic E-state index is 0.368. The molecule has 1 aliphatic heterocycles. The number of rotatable bonds is 4. The van der Waals surface area contributed by atoms with E-state index in [-0.39, 0.29) is 0 Å². The van der Waals surface area contributed by atoms with Gasteiger partial charge in [-0.15, -0.1) is 0 Å². The van der Waals surface area contributed by atoms with Gasteiger partial charge in [-0.05, 0) is 31.2 Å². The van der Waals surface area contributed by atoms with E-state index in [0.717, 1.165) is 29.1 Å². The van der Waals surface area contributed by atoms with Crippen molar-refractivity contribution < 1.29 is 0 Å². The standard InChI is InChI=1S/C13H18BrClN2/c1-3-17(11-7-16-8-11)9(2)12-5-4-10(14)6-13(12)15/h4-6,9,11,16H,3,7-8H2,1-2H3. The zero-order valence-electron chi connectivity index (χ0n) is 10.2. The van der Waals surface area contributed by atoms with Crippen molar-refractivity contribution in [3.63, 3.8) is 0 Å². The van der Waals surface area contributed by atoms with Crippen molar-refractivity contribution in [2.75, 3.05) is 19.6 Å². The molecule has 1 aromatic rings. The van der Waals surface area contributed by atoms with Crippen LogP contribution in [0.5, 0.6) is 0 Å². The Kier molecular flexibility index (Phi) is 4.47. The van der Waals surface area contributed by atoms with Crippen LogP contribution in [0.15, 0.2) is 22.7 Å². The molecule has 1 aromatic carbocycles. The highest BCUT2D eigenvalue weighted by Crippen LogP contribution is 2.31. The fourth-order valence-electron chi connectivity index (χ4n) is 2.38. The molecular weight excluding hydrogens is 300 g/mol. The van der Waals surface area contributed by atoms with E-state index in [1.165, 1.54) is 5.56 Å². The van der Waals surface area contributed by atoms with Gasteiger partial charge in [-0.2, -0.15) is 0 Å². The molecule has 94 valence electrons. The second kappa shape index (κ2) is 5.70. The van der Waals surface area contributed by atoms with E-state index in [2.05, 4.69) is 52.1 Å². The third-order valence-electron chi connectivity index (χ3n) is 3.50. The molecule has 0 aromatic heterocycles. The monoisotopic (exact) mass is 316 g/mol. The van der Waals surface area contributed by atoms with Crippen LogP contribution in [0.4, 0.5) is 0 Å². The molecule has 4 heteroatoms. The molecule has 1 saturated heterocycles. The Morgan fingerprint density at radius 3 is 2.71 bits per heavy atom. The molecule has 0 bridgehead atoms. The Labute approximate surface area is 116 Å². The summed E-state index contributed by atoms with van der Waals surface area (Å²) in [4.78, 5) is 2.51. The van der Waals surface area contributed by atoms with Gasteiger partial charge in [0.25, 0.3) is 0 Å². The van der Waals surface area contributed by atoms with Gasteiger partial charge in [-0.1, -0.05) is 40.5 Å². The van der Waals surface area contributed by atoms with Crippen LogP contribution in [-0.2, 0) is 0 Å². The van der Waals surface area contributed by atoms with Crippen LogP contribution in [-0.4, -0.2) is 30.6 Å². The lowest BCUT2D eigenvalue weighted by Crippen LogP contribution is -2.57. The second-order valence-electron chi connectivity index (χ2n) is 4.48. The molecule has 1 N–H and O–H groups in total. The van der Waals surface area contributed by atoms with Crippen LogP contribution in [0, 0.1) is 0 Å². The van der Waals surface area contributed by atoms with Crippen LogP contribution < -0.4 is 5.32 Å². The van der Waals surface area contributed by atoms with Crippen LogP contribution in [0.3, 0.4) is 0 Å². The Hall–Kier alpha value is -0.0900. The van der Waals surface area contributed by atoms with Crippen LogP contribution in [0.25, 0.3) is 0 Å². The van der Waals surface area contributed by atoms with Crippen molar-refractivity contribution in [3.05, 3.63) is 33.3 Å². The Morgan fingerprint density at radius 2 is 2.24 bits per heavy atom. The zero-order valence-corrected chi connectivity index (χ0v) is 12.6. The predicted molar refractivity (Wildman–Crippen MR) is 76.6 cm³/mol. The molecule has 2 rings (SSSR count). The van der Waals surface area contributed by atoms with E-state index < -0.39 is 0 Å². The van der Waals surface area contributed by atoms with Gasteiger partial charge in [-0.3, -0.25) is 4.90 Å². The summed E-state index contributed by atoms with van der Waals surface area (Å²) < 4.78 is 1.03. The molecule has 1 fully saturated rings. The topological polar surface area (TPSA) is 15.3 Å². The first-order valence-corrected chi connectivity index (χ1v) is 7.22. The number of halogens is 2. The minimum Gasteiger partial charge on any atom is -0.314 e. The molecular formula is C13H18BrClN2. The lowest BCUT2D eigenvalue weighted by Gasteiger charge is -2.41. The van der Waals surface area contributed by atoms with Gasteiger partial charge >= 0.3 is 0 Å². The molecule has 17 heavy (non-hydrogen) atoms. The molecule has 0 aliphatic carbocycles. The summed E-state index contributed by atoms with van der Waals surface area (Å²) in [5.41, 5.74) is 1.21. The Bertz CT molecular complexity index is 393. The fraction of sp³-hybridized carbons (Fsp3) is 0.538. The van der Waals surface area contributed by atoms with Gasteiger partial charge in [0.2, 0.25) is 0 Å². The summed E-state index contributed by atoms with van der Waals surface area (Å²) in [6.45, 7) is 7.68. The number of likely N-dealkylation sites (N-methyl/N-ethyl adjacent to an activating group) is 1. The van der Waals surface area contributed by atoms with E-state index >= 15 is 0 Å². The van der Waals surface area contributed by atoms with Crippen LogP contribution >= 0.6 is 27.5 Å². The largest absolute Gasteiger partial charge is 0.314 e. The van der Waals surface area contributed by atoms with Crippen molar-refractivity contribution in [2.45, 2.75) is 25.9 Å². The summed E-state index contributed by atoms with van der Waals surface area (Å²) in [6, 6.07) is 7.17. The maximum Gasteiger partial charge on any atom is 0.0464 e. The average Bonchev–Trinajstić information content (AvgIpc) is 2.22. The minimum atomic E-state index is 0.368. The van der Waals surface area contributed by atoms with Gasteiger partial charge < -0.3 is 5.32 Å². The number of benzene rings is 1. The predicted octanol–water partition coefficient (Wildman–Crippen LogP) is 3.46. The first-order chi connectivity index (χ1) is 8.13. The fourth-order valence-corrected chi connectivity index (χ4v) is 3.21. The van der Waals surface area contributed by atoms with E-state index in [1.54, 1.807) is 0 Å². The molecule has 0 radical (unpaired) electrons. The number of nitrogens with zero attached hydrogens (tertiary/aromatic N) is 1. The smallest absolute Gasteiger partial charge is 0.0464 e. The second-order valence-corrected chi connectivity index (χ2v) is 5.81. The first-order valence-electron chi connectivity index (χ1n) is 6.05. The molecule has 0 spiro atoms. The van der Waals surface area contributed by atoms with Gasteiger partial charge in [0, 0.05) is 34.7 Å². The van der Waals surface area contributed by atoms with E-state index in [0.29, 0.717) is 12.1 Å². The van der Waals surface area contributed by atoms with Crippen LogP contribution in [0.2, 0.25) is 5.02 Å². The average molecular weight is 318 g/mol. The summed E-state index contributed by atoms with van der Waals surface area (Å²) in [5.74, 6) is 0. The number of nitrogens with one attached hydrogen (secondary N) is 1. The van der Waals surface area contributed by atoms with Crippen molar-refractivity contribution >= 4 is 27.5 Å². The summed E-state index contributed by atoms with van der Waals surface area (Å²) >= 11 is 9.76. The van der Waals surface area contributed by atoms with Crippen LogP contribution in [0.1, 0.15) is 25.5 Å². The molecule has 1 atom stereocenters. The van der Waals surface area contributed by atoms with Gasteiger partial charge in [-0.25, -0.2) is 0 Å². The molecule has 0 amide bonds. The highest BCUT2D eigenvalue weighted by Gasteiger charge is 2.28. The maximum absolute atomic E-state index is 6.32. The van der Waals surface area contributed by atoms with Gasteiger partial charge in [0.15, 0.2) is 0 Å². The van der Waals surface area contributed by atoms with Crippen molar-refractivity contribution in [2.24, 2.45) is 0 Å². The normalized spacial score (nSPS) is 18.2. The highest BCUT2D eigenvalue weighted by molar-refractivity contribution is 9.10. The first kappa shape index (κ1) is 13.3. The molecule has 1 aliphatic rings. The van der Waals surface area contributed by atoms with Gasteiger partial charge in [0.05, 0.1) is 0 Å². The third-order valence-corrected chi connectivity index (χ3v) is 4.32. The molecule has 1 heterocycles. The molecule has 0 saturated carbocycles. The summed E-state index contributed by atoms with van der Waals surface area (Å²) in [5, 5.41) is 4.17. The third kappa shape index (κ3) is 2.84. The Morgan fingerprint density at radius 1 is 1.53 bits per heavy atom. The SMILES string of the molecule is CCN(C1CNC1)C(C)c1ccc(Br)cc1Cl. The van der Waals surface area contributed by atoms with Crippen molar-refractivity contribution in [3.8, 4) is 0 Å². The number of hydrogen-bond acceptors (Lipinski definition) is 2. The highest BCUT2D eigenvalue weighted by atomic mass is 79.9. The van der Waals surface area contributed by atoms with Gasteiger partial charge in [0.1, 0.15) is 0 Å². The quantitative estimate of drug-likeness (QED) is 0.915. The summed E-state index contributed by atoms with van der Waals surface area (Å²) in [6.07, 6.45) is 0. The van der Waals surface area contributed by atoms with E-state index in [9.17, 15) is 0 Å². The lowest BCUT2D eigenvalue weighted by atomic mass is 10.0. The lowest BCUT2D eigenvalue weighted by molar-refractivity contribution is 0.110. The molecule has 2 nitrogen and oxygen atoms in total. The summed E-state index contributed by atoms with van der Waals surface area (Å²) in [7, 11) is 0. The van der Waals surface area contributed by atoms with Crippen molar-refractivity contribution in [1.82, 2.24) is 10.2 Å². The van der Waals surface area contributed by atoms with Crippen molar-refractivity contribution in [1.29, 1.82) is 0 Å².